The first-order valence-electron chi connectivity index (χ1n) is 10.5. The number of nitrogens with one attached hydrogen (secondary N) is 1. The molecule has 6 nitrogen and oxygen atoms in total. The molecule has 1 saturated carbocycles. The summed E-state index contributed by atoms with van der Waals surface area (Å²) in [6, 6.07) is 5.71. The van der Waals surface area contributed by atoms with Gasteiger partial charge in [-0.1, -0.05) is 25.3 Å². The number of fused-ring (bicyclic) bond motifs is 1. The Hall–Kier alpha value is -2.75. The molecule has 1 aromatic heterocycles. The van der Waals surface area contributed by atoms with Crippen LogP contribution in [0, 0.1) is 0 Å². The van der Waals surface area contributed by atoms with Crippen LogP contribution in [0.1, 0.15) is 43.0 Å². The smallest absolute Gasteiger partial charge is 0.471 e. The molecule has 0 radical (unpaired) electrons. The summed E-state index contributed by atoms with van der Waals surface area (Å²) in [7, 11) is 0. The Balaban J connectivity index is 1.75. The quantitative estimate of drug-likeness (QED) is 0.696. The van der Waals surface area contributed by atoms with Crippen LogP contribution in [-0.2, 0) is 9.59 Å². The number of halogens is 3. The second-order valence-electron chi connectivity index (χ2n) is 7.76. The third-order valence-electron chi connectivity index (χ3n) is 5.54. The first-order chi connectivity index (χ1) is 15.3. The Morgan fingerprint density at radius 1 is 1.06 bits per heavy atom. The minimum absolute atomic E-state index is 0.0891. The third kappa shape index (κ3) is 4.85. The SMILES string of the molecule is O=C(NC1CCCCC1)[C@H](c1cccs1)N(C(=O)C(F)(F)F)c1ccc2c(c1)OCCO2. The lowest BCUT2D eigenvalue weighted by Gasteiger charge is -2.33. The normalized spacial score (nSPS) is 17.5. The first kappa shape index (κ1) is 22.4. The maximum absolute atomic E-state index is 13.7. The van der Waals surface area contributed by atoms with Gasteiger partial charge in [-0.05, 0) is 36.4 Å². The molecule has 172 valence electrons. The van der Waals surface area contributed by atoms with Gasteiger partial charge in [0.05, 0.1) is 0 Å². The lowest BCUT2D eigenvalue weighted by Crippen LogP contribution is -2.50. The van der Waals surface area contributed by atoms with Crippen LogP contribution in [0.4, 0.5) is 18.9 Å². The Morgan fingerprint density at radius 2 is 1.78 bits per heavy atom. The van der Waals surface area contributed by atoms with Crippen LogP contribution >= 0.6 is 11.3 Å². The highest BCUT2D eigenvalue weighted by molar-refractivity contribution is 7.10. The van der Waals surface area contributed by atoms with E-state index in [9.17, 15) is 22.8 Å². The van der Waals surface area contributed by atoms with Gasteiger partial charge in [-0.2, -0.15) is 13.2 Å². The standard InChI is InChI=1S/C22H23F3N2O4S/c23-22(24,25)21(29)27(15-8-9-16-17(13-15)31-11-10-30-16)19(18-7-4-12-32-18)20(28)26-14-5-2-1-3-6-14/h4,7-9,12-14,19H,1-3,5-6,10-11H2,(H,26,28)/t19-/m0/s1. The Bertz CT molecular complexity index is 959. The minimum atomic E-state index is -5.17. The van der Waals surface area contributed by atoms with Gasteiger partial charge in [0.25, 0.3) is 0 Å². The number of rotatable bonds is 5. The van der Waals surface area contributed by atoms with Crippen molar-refractivity contribution < 1.29 is 32.2 Å². The fraction of sp³-hybridized carbons (Fsp3) is 0.455. The summed E-state index contributed by atoms with van der Waals surface area (Å²) in [5, 5.41) is 4.54. The summed E-state index contributed by atoms with van der Waals surface area (Å²) >= 11 is 1.12. The van der Waals surface area contributed by atoms with Crippen molar-refractivity contribution in [3.8, 4) is 11.5 Å². The van der Waals surface area contributed by atoms with Crippen molar-refractivity contribution >= 4 is 28.8 Å². The van der Waals surface area contributed by atoms with Gasteiger partial charge in [-0.25, -0.2) is 0 Å². The lowest BCUT2D eigenvalue weighted by molar-refractivity contribution is -0.171. The van der Waals surface area contributed by atoms with E-state index in [4.69, 9.17) is 9.47 Å². The van der Waals surface area contributed by atoms with E-state index < -0.39 is 24.0 Å². The zero-order chi connectivity index (χ0) is 22.7. The number of benzene rings is 1. The van der Waals surface area contributed by atoms with Crippen molar-refractivity contribution in [2.45, 2.75) is 50.4 Å². The monoisotopic (exact) mass is 468 g/mol. The molecule has 0 bridgehead atoms. The molecule has 1 aliphatic heterocycles. The van der Waals surface area contributed by atoms with E-state index >= 15 is 0 Å². The Labute approximate surface area is 187 Å². The highest BCUT2D eigenvalue weighted by Gasteiger charge is 2.48. The van der Waals surface area contributed by atoms with Crippen LogP contribution in [0.25, 0.3) is 0 Å². The van der Waals surface area contributed by atoms with Gasteiger partial charge in [0, 0.05) is 22.7 Å². The number of ether oxygens (including phenoxy) is 2. The number of nitrogens with zero attached hydrogens (tertiary/aromatic N) is 1. The lowest BCUT2D eigenvalue weighted by atomic mass is 9.95. The molecular formula is C22H23F3N2O4S. The fourth-order valence-electron chi connectivity index (χ4n) is 4.05. The number of anilines is 1. The van der Waals surface area contributed by atoms with Crippen LogP contribution in [0.3, 0.4) is 0 Å². The van der Waals surface area contributed by atoms with E-state index in [0.717, 1.165) is 43.4 Å². The molecule has 0 spiro atoms. The number of carbonyl (C=O) groups is 2. The molecule has 1 atom stereocenters. The third-order valence-corrected chi connectivity index (χ3v) is 6.46. The molecule has 4 rings (SSSR count). The maximum Gasteiger partial charge on any atom is 0.471 e. The van der Waals surface area contributed by atoms with Crippen molar-refractivity contribution in [2.75, 3.05) is 18.1 Å². The van der Waals surface area contributed by atoms with Crippen molar-refractivity contribution in [2.24, 2.45) is 0 Å². The number of hydrogen-bond donors (Lipinski definition) is 1. The predicted molar refractivity (Wildman–Crippen MR) is 113 cm³/mol. The molecule has 2 heterocycles. The first-order valence-corrected chi connectivity index (χ1v) is 11.4. The van der Waals surface area contributed by atoms with E-state index in [-0.39, 0.29) is 24.1 Å². The highest BCUT2D eigenvalue weighted by atomic mass is 32.1. The molecule has 32 heavy (non-hydrogen) atoms. The molecule has 0 saturated heterocycles. The summed E-state index contributed by atoms with van der Waals surface area (Å²) in [4.78, 5) is 26.8. The second-order valence-corrected chi connectivity index (χ2v) is 8.74. The summed E-state index contributed by atoms with van der Waals surface area (Å²) < 4.78 is 51.9. The van der Waals surface area contributed by atoms with E-state index in [1.807, 2.05) is 0 Å². The summed E-state index contributed by atoms with van der Waals surface area (Å²) in [6.45, 7) is 0.555. The zero-order valence-corrected chi connectivity index (χ0v) is 18.0. The highest BCUT2D eigenvalue weighted by Crippen LogP contribution is 2.39. The number of alkyl halides is 3. The van der Waals surface area contributed by atoms with Crippen molar-refractivity contribution in [1.29, 1.82) is 0 Å². The van der Waals surface area contributed by atoms with Crippen molar-refractivity contribution in [1.82, 2.24) is 5.32 Å². The number of carbonyl (C=O) groups excluding carboxylic acids is 2. The number of amides is 2. The molecule has 2 aromatic rings. The molecule has 2 aliphatic rings. The fourth-order valence-corrected chi connectivity index (χ4v) is 4.86. The van der Waals surface area contributed by atoms with E-state index in [0.29, 0.717) is 22.1 Å². The molecule has 1 N–H and O–H groups in total. The van der Waals surface area contributed by atoms with Crippen molar-refractivity contribution in [3.63, 3.8) is 0 Å². The van der Waals surface area contributed by atoms with Gasteiger partial charge >= 0.3 is 12.1 Å². The van der Waals surface area contributed by atoms with Gasteiger partial charge < -0.3 is 14.8 Å². The molecule has 1 aliphatic carbocycles. The molecule has 0 unspecified atom stereocenters. The molecule has 1 aromatic carbocycles. The zero-order valence-electron chi connectivity index (χ0n) is 17.2. The van der Waals surface area contributed by atoms with Gasteiger partial charge in [0.1, 0.15) is 13.2 Å². The van der Waals surface area contributed by atoms with Crippen LogP contribution in [0.2, 0.25) is 0 Å². The van der Waals surface area contributed by atoms with Crippen LogP contribution in [0.5, 0.6) is 11.5 Å². The average molecular weight is 468 g/mol. The average Bonchev–Trinajstić information content (AvgIpc) is 3.31. The number of hydrogen-bond acceptors (Lipinski definition) is 5. The van der Waals surface area contributed by atoms with Gasteiger partial charge in [-0.15, -0.1) is 11.3 Å². The van der Waals surface area contributed by atoms with Gasteiger partial charge in [0.15, 0.2) is 17.5 Å². The van der Waals surface area contributed by atoms with Crippen molar-refractivity contribution in [3.05, 3.63) is 40.6 Å². The van der Waals surface area contributed by atoms with E-state index in [1.165, 1.54) is 18.2 Å². The van der Waals surface area contributed by atoms with Crippen LogP contribution in [0.15, 0.2) is 35.7 Å². The molecule has 2 amide bonds. The minimum Gasteiger partial charge on any atom is -0.486 e. The van der Waals surface area contributed by atoms with Gasteiger partial charge in [-0.3, -0.25) is 14.5 Å². The topological polar surface area (TPSA) is 67.9 Å². The van der Waals surface area contributed by atoms with E-state index in [1.54, 1.807) is 17.5 Å². The maximum atomic E-state index is 13.7. The van der Waals surface area contributed by atoms with Gasteiger partial charge in [0.2, 0.25) is 5.91 Å². The molecular weight excluding hydrogens is 445 g/mol. The van der Waals surface area contributed by atoms with E-state index in [2.05, 4.69) is 5.32 Å². The Morgan fingerprint density at radius 3 is 2.44 bits per heavy atom. The summed E-state index contributed by atoms with van der Waals surface area (Å²) in [6.07, 6.45) is -0.686. The predicted octanol–water partition coefficient (Wildman–Crippen LogP) is 4.60. The molecule has 10 heteroatoms. The Kier molecular flexibility index (Phi) is 6.59. The van der Waals surface area contributed by atoms with Crippen LogP contribution < -0.4 is 19.7 Å². The summed E-state index contributed by atoms with van der Waals surface area (Å²) in [5.41, 5.74) is -0.0891. The number of thiophene rings is 1. The second kappa shape index (κ2) is 9.40. The summed E-state index contributed by atoms with van der Waals surface area (Å²) in [5.74, 6) is -2.15. The molecule has 1 fully saturated rings. The van der Waals surface area contributed by atoms with Crippen LogP contribution in [-0.4, -0.2) is 37.2 Å². The largest absolute Gasteiger partial charge is 0.486 e.